The number of aromatic nitrogens is 1. The Bertz CT molecular complexity index is 1480. The van der Waals surface area contributed by atoms with Gasteiger partial charge >= 0.3 is 0 Å². The second-order valence-electron chi connectivity index (χ2n) is 11.4. The molecule has 0 radical (unpaired) electrons. The Labute approximate surface area is 227 Å². The molecule has 2 aliphatic heterocycles. The number of carbonyl (C=O) groups is 3. The molecule has 3 amide bonds. The van der Waals surface area contributed by atoms with Crippen molar-refractivity contribution in [2.45, 2.75) is 55.5 Å². The summed E-state index contributed by atoms with van der Waals surface area (Å²) in [4.78, 5) is 46.3. The van der Waals surface area contributed by atoms with Crippen molar-refractivity contribution in [2.24, 2.45) is 0 Å². The van der Waals surface area contributed by atoms with Crippen molar-refractivity contribution in [1.29, 1.82) is 0 Å². The molecule has 3 N–H and O–H groups in total. The molecular weight excluding hydrogens is 490 g/mol. The summed E-state index contributed by atoms with van der Waals surface area (Å²) in [5.41, 5.74) is 3.57. The fourth-order valence-corrected chi connectivity index (χ4v) is 7.12. The van der Waals surface area contributed by atoms with Crippen LogP contribution in [0.1, 0.15) is 54.0 Å². The molecule has 2 aromatic carbocycles. The molecule has 2 atom stereocenters. The molecule has 1 saturated carbocycles. The predicted octanol–water partition coefficient (Wildman–Crippen LogP) is 3.49. The van der Waals surface area contributed by atoms with E-state index in [0.29, 0.717) is 30.9 Å². The number of hydrogen-bond donors (Lipinski definition) is 3. The highest BCUT2D eigenvalue weighted by atomic mass is 16.2. The highest BCUT2D eigenvalue weighted by Crippen LogP contribution is 2.47. The third-order valence-corrected chi connectivity index (χ3v) is 9.10. The molecule has 0 unspecified atom stereocenters. The predicted molar refractivity (Wildman–Crippen MR) is 147 cm³/mol. The fourth-order valence-electron chi connectivity index (χ4n) is 7.12. The second-order valence-corrected chi connectivity index (χ2v) is 11.4. The van der Waals surface area contributed by atoms with E-state index in [1.807, 2.05) is 60.7 Å². The first-order valence-electron chi connectivity index (χ1n) is 13.8. The van der Waals surface area contributed by atoms with Crippen LogP contribution in [0.25, 0.3) is 0 Å². The van der Waals surface area contributed by atoms with Gasteiger partial charge in [-0.15, -0.1) is 0 Å². The topological polar surface area (TPSA) is 103 Å². The molecule has 2 spiro atoms. The van der Waals surface area contributed by atoms with E-state index in [-0.39, 0.29) is 30.3 Å². The summed E-state index contributed by atoms with van der Waals surface area (Å²) < 4.78 is 0. The molecular formula is C31H31N5O3. The smallest absolute Gasteiger partial charge is 0.244 e. The van der Waals surface area contributed by atoms with Crippen molar-refractivity contribution in [3.05, 3.63) is 89.1 Å². The van der Waals surface area contributed by atoms with E-state index in [9.17, 15) is 14.4 Å². The highest BCUT2D eigenvalue weighted by Gasteiger charge is 2.51. The molecule has 3 heterocycles. The minimum absolute atomic E-state index is 0.00963. The van der Waals surface area contributed by atoms with Crippen LogP contribution in [-0.4, -0.2) is 46.2 Å². The lowest BCUT2D eigenvalue weighted by Gasteiger charge is -2.45. The number of piperazine rings is 1. The van der Waals surface area contributed by atoms with Crippen molar-refractivity contribution >= 4 is 29.2 Å². The number of nitrogens with zero attached hydrogens (tertiary/aromatic N) is 2. The van der Waals surface area contributed by atoms with Gasteiger partial charge in [0.2, 0.25) is 17.7 Å². The van der Waals surface area contributed by atoms with Gasteiger partial charge in [0.1, 0.15) is 12.4 Å². The molecule has 1 saturated heterocycles. The quantitative estimate of drug-likeness (QED) is 0.488. The van der Waals surface area contributed by atoms with Crippen molar-refractivity contribution in [1.82, 2.24) is 15.2 Å². The molecule has 2 fully saturated rings. The number of rotatable bonds is 4. The molecule has 0 bridgehead atoms. The minimum Gasteiger partial charge on any atom is -0.325 e. The van der Waals surface area contributed by atoms with Gasteiger partial charge in [0.15, 0.2) is 0 Å². The Hall–Kier alpha value is -4.04. The van der Waals surface area contributed by atoms with E-state index in [0.717, 1.165) is 47.9 Å². The van der Waals surface area contributed by atoms with Gasteiger partial charge in [-0.1, -0.05) is 55.3 Å². The van der Waals surface area contributed by atoms with E-state index in [2.05, 4.69) is 20.9 Å². The molecule has 39 heavy (non-hydrogen) atoms. The maximum atomic E-state index is 13.8. The second kappa shape index (κ2) is 9.02. The van der Waals surface area contributed by atoms with E-state index in [4.69, 9.17) is 0 Å². The van der Waals surface area contributed by atoms with E-state index in [1.54, 1.807) is 11.1 Å². The van der Waals surface area contributed by atoms with Crippen LogP contribution in [0.4, 0.5) is 11.5 Å². The summed E-state index contributed by atoms with van der Waals surface area (Å²) in [6, 6.07) is 19.4. The van der Waals surface area contributed by atoms with Gasteiger partial charge in [-0.3, -0.25) is 14.4 Å². The Balaban J connectivity index is 1.11. The average Bonchev–Trinajstić information content (AvgIpc) is 3.64. The third kappa shape index (κ3) is 3.85. The first-order chi connectivity index (χ1) is 19.0. The maximum absolute atomic E-state index is 13.8. The molecule has 8 nitrogen and oxygen atoms in total. The first-order valence-corrected chi connectivity index (χ1v) is 13.8. The van der Waals surface area contributed by atoms with Gasteiger partial charge in [0.25, 0.3) is 0 Å². The summed E-state index contributed by atoms with van der Waals surface area (Å²) in [6.45, 7) is 0.618. The summed E-state index contributed by atoms with van der Waals surface area (Å²) in [6.07, 6.45) is 6.51. The van der Waals surface area contributed by atoms with Crippen molar-refractivity contribution in [3.63, 3.8) is 0 Å². The zero-order valence-corrected chi connectivity index (χ0v) is 21.7. The highest BCUT2D eigenvalue weighted by molar-refractivity contribution is 6.06. The molecule has 3 aromatic rings. The SMILES string of the molecule is O=C(CN1C(=O)C2(CCCC2)NC[C@@H]1c1ccccc1)Nc1ccc2c(c1)C[C@@]1(C2)C(=O)Nc2ncccc21. The Kier molecular flexibility index (Phi) is 5.56. The summed E-state index contributed by atoms with van der Waals surface area (Å²) in [7, 11) is 0. The van der Waals surface area contributed by atoms with Gasteiger partial charge < -0.3 is 20.9 Å². The maximum Gasteiger partial charge on any atom is 0.244 e. The molecule has 7 rings (SSSR count). The molecule has 4 aliphatic rings. The Morgan fingerprint density at radius 2 is 1.79 bits per heavy atom. The number of hydrogen-bond acceptors (Lipinski definition) is 5. The van der Waals surface area contributed by atoms with Gasteiger partial charge in [0.05, 0.1) is 17.0 Å². The monoisotopic (exact) mass is 521 g/mol. The lowest BCUT2D eigenvalue weighted by molar-refractivity contribution is -0.147. The molecule has 2 aliphatic carbocycles. The van der Waals surface area contributed by atoms with Crippen LogP contribution in [0.2, 0.25) is 0 Å². The van der Waals surface area contributed by atoms with E-state index in [1.165, 1.54) is 0 Å². The van der Waals surface area contributed by atoms with Crippen LogP contribution >= 0.6 is 0 Å². The zero-order valence-electron chi connectivity index (χ0n) is 21.7. The molecule has 198 valence electrons. The normalized spacial score (nSPS) is 24.6. The zero-order chi connectivity index (χ0) is 26.6. The van der Waals surface area contributed by atoms with Gasteiger partial charge in [-0.05, 0) is 60.6 Å². The lowest BCUT2D eigenvalue weighted by atomic mass is 9.79. The van der Waals surface area contributed by atoms with Crippen LogP contribution in [-0.2, 0) is 32.6 Å². The molecule has 1 aromatic heterocycles. The summed E-state index contributed by atoms with van der Waals surface area (Å²) >= 11 is 0. The number of carbonyl (C=O) groups excluding carboxylic acids is 3. The van der Waals surface area contributed by atoms with E-state index >= 15 is 0 Å². The van der Waals surface area contributed by atoms with E-state index < -0.39 is 11.0 Å². The van der Waals surface area contributed by atoms with Gasteiger partial charge in [-0.25, -0.2) is 4.98 Å². The van der Waals surface area contributed by atoms with Crippen LogP contribution in [0, 0.1) is 0 Å². The number of nitrogens with one attached hydrogen (secondary N) is 3. The average molecular weight is 522 g/mol. The molecule has 8 heteroatoms. The minimum atomic E-state index is -0.652. The fraction of sp³-hybridized carbons (Fsp3) is 0.355. The van der Waals surface area contributed by atoms with Gasteiger partial charge in [-0.2, -0.15) is 0 Å². The summed E-state index contributed by atoms with van der Waals surface area (Å²) in [5.74, 6) is 0.409. The number of pyridine rings is 1. The van der Waals surface area contributed by atoms with Crippen LogP contribution < -0.4 is 16.0 Å². The number of fused-ring (bicyclic) bond motifs is 3. The summed E-state index contributed by atoms with van der Waals surface area (Å²) in [5, 5.41) is 9.52. The lowest BCUT2D eigenvalue weighted by Crippen LogP contribution is -2.64. The number of anilines is 2. The van der Waals surface area contributed by atoms with Crippen LogP contribution in [0.15, 0.2) is 66.9 Å². The largest absolute Gasteiger partial charge is 0.325 e. The Morgan fingerprint density at radius 3 is 2.62 bits per heavy atom. The first kappa shape index (κ1) is 24.0. The van der Waals surface area contributed by atoms with Crippen LogP contribution in [0.5, 0.6) is 0 Å². The number of benzene rings is 2. The Morgan fingerprint density at radius 1 is 1.00 bits per heavy atom. The standard InChI is InChI=1S/C31H31N5O3/c37-26(19-36-25(20-7-2-1-3-8-20)18-33-31(29(36)39)12-4-5-13-31)34-23-11-10-21-16-30(17-22(21)15-23)24-9-6-14-32-27(24)35-28(30)38/h1-3,6-11,14-15,25,33H,4-5,12-13,16-19H2,(H,34,37)(H,32,35,38)/t25-,30-/m1/s1. The van der Waals surface area contributed by atoms with Crippen molar-refractivity contribution in [2.75, 3.05) is 23.7 Å². The third-order valence-electron chi connectivity index (χ3n) is 9.10. The van der Waals surface area contributed by atoms with Crippen LogP contribution in [0.3, 0.4) is 0 Å². The van der Waals surface area contributed by atoms with Crippen molar-refractivity contribution in [3.8, 4) is 0 Å². The number of amides is 3. The van der Waals surface area contributed by atoms with Crippen molar-refractivity contribution < 1.29 is 14.4 Å². The van der Waals surface area contributed by atoms with Gasteiger partial charge in [0, 0.05) is 24.0 Å².